The molecule has 1 saturated carbocycles. The molecule has 5 heteroatoms. The Hall–Kier alpha value is -0.130. The maximum Gasteiger partial charge on any atom is 0.214 e. The fourth-order valence-electron chi connectivity index (χ4n) is 3.38. The fourth-order valence-corrected chi connectivity index (χ4v) is 5.32. The van der Waals surface area contributed by atoms with Crippen LogP contribution in [-0.4, -0.2) is 42.3 Å². The Balaban J connectivity index is 2.04. The zero-order chi connectivity index (χ0) is 14.1. The minimum Gasteiger partial charge on any atom is -0.390 e. The summed E-state index contributed by atoms with van der Waals surface area (Å²) in [7, 11) is -3.15. The van der Waals surface area contributed by atoms with Crippen molar-refractivity contribution in [3.8, 4) is 0 Å². The maximum atomic E-state index is 12.4. The van der Waals surface area contributed by atoms with Crippen molar-refractivity contribution in [3.05, 3.63) is 0 Å². The third-order valence-electron chi connectivity index (χ3n) is 4.98. The van der Waals surface area contributed by atoms with Crippen LogP contribution >= 0.6 is 0 Å². The minimum absolute atomic E-state index is 0.140. The molecule has 1 heterocycles. The molecule has 0 aromatic heterocycles. The summed E-state index contributed by atoms with van der Waals surface area (Å²) in [6, 6.07) is 0. The van der Waals surface area contributed by atoms with Crippen molar-refractivity contribution in [1.82, 2.24) is 4.31 Å². The lowest BCUT2D eigenvalue weighted by molar-refractivity contribution is -0.0816. The monoisotopic (exact) mass is 289 g/mol. The smallest absolute Gasteiger partial charge is 0.214 e. The van der Waals surface area contributed by atoms with Gasteiger partial charge in [0, 0.05) is 19.0 Å². The summed E-state index contributed by atoms with van der Waals surface area (Å²) in [5.41, 5.74) is -0.597. The summed E-state index contributed by atoms with van der Waals surface area (Å²) in [6.45, 7) is 5.02. The van der Waals surface area contributed by atoms with Crippen LogP contribution in [0.3, 0.4) is 0 Å². The van der Waals surface area contributed by atoms with Crippen molar-refractivity contribution in [2.75, 3.05) is 18.8 Å². The third kappa shape index (κ3) is 3.31. The molecule has 3 atom stereocenters. The van der Waals surface area contributed by atoms with Crippen molar-refractivity contribution >= 4 is 10.0 Å². The molecule has 19 heavy (non-hydrogen) atoms. The van der Waals surface area contributed by atoms with E-state index in [1.165, 1.54) is 0 Å². The number of rotatable bonds is 4. The Bertz CT molecular complexity index is 409. The van der Waals surface area contributed by atoms with E-state index in [4.69, 9.17) is 0 Å². The highest BCUT2D eigenvalue weighted by Gasteiger charge is 2.45. The highest BCUT2D eigenvalue weighted by Crippen LogP contribution is 2.40. The van der Waals surface area contributed by atoms with Crippen molar-refractivity contribution < 1.29 is 13.5 Å². The van der Waals surface area contributed by atoms with Crippen LogP contribution in [0.15, 0.2) is 0 Å². The molecule has 1 aliphatic heterocycles. The second-order valence-corrected chi connectivity index (χ2v) is 8.46. The molecule has 2 fully saturated rings. The molecular formula is C14H27NO3S. The largest absolute Gasteiger partial charge is 0.390 e. The zero-order valence-electron chi connectivity index (χ0n) is 12.1. The van der Waals surface area contributed by atoms with Crippen molar-refractivity contribution in [3.63, 3.8) is 0 Å². The van der Waals surface area contributed by atoms with Gasteiger partial charge < -0.3 is 5.11 Å². The Morgan fingerprint density at radius 3 is 2.79 bits per heavy atom. The lowest BCUT2D eigenvalue weighted by Crippen LogP contribution is -2.55. The van der Waals surface area contributed by atoms with Crippen LogP contribution in [0, 0.1) is 11.8 Å². The Labute approximate surface area is 117 Å². The van der Waals surface area contributed by atoms with E-state index in [2.05, 4.69) is 0 Å². The van der Waals surface area contributed by atoms with E-state index in [-0.39, 0.29) is 17.6 Å². The molecule has 0 radical (unpaired) electrons. The van der Waals surface area contributed by atoms with Crippen LogP contribution in [0.5, 0.6) is 0 Å². The molecule has 3 unspecified atom stereocenters. The normalized spacial score (nSPS) is 34.8. The predicted octanol–water partition coefficient (Wildman–Crippen LogP) is 1.99. The number of sulfonamides is 1. The summed E-state index contributed by atoms with van der Waals surface area (Å²) < 4.78 is 26.4. The van der Waals surface area contributed by atoms with Crippen LogP contribution < -0.4 is 0 Å². The molecule has 0 aromatic rings. The Morgan fingerprint density at radius 1 is 1.37 bits per heavy atom. The number of aliphatic hydroxyl groups is 1. The van der Waals surface area contributed by atoms with Gasteiger partial charge in [-0.25, -0.2) is 12.7 Å². The lowest BCUT2D eigenvalue weighted by atomic mass is 9.72. The first-order valence-corrected chi connectivity index (χ1v) is 9.18. The van der Waals surface area contributed by atoms with Gasteiger partial charge in [0.2, 0.25) is 10.0 Å². The zero-order valence-corrected chi connectivity index (χ0v) is 13.0. The van der Waals surface area contributed by atoms with Crippen LogP contribution in [0.4, 0.5) is 0 Å². The average molecular weight is 289 g/mol. The lowest BCUT2D eigenvalue weighted by Gasteiger charge is -2.47. The second-order valence-electron chi connectivity index (χ2n) is 6.45. The molecule has 1 N–H and O–H groups in total. The summed E-state index contributed by atoms with van der Waals surface area (Å²) in [5.74, 6) is 0.591. The van der Waals surface area contributed by atoms with Crippen molar-refractivity contribution in [2.24, 2.45) is 11.8 Å². The van der Waals surface area contributed by atoms with E-state index in [1.54, 1.807) is 4.31 Å². The number of fused-ring (bicyclic) bond motifs is 1. The predicted molar refractivity (Wildman–Crippen MR) is 76.3 cm³/mol. The SMILES string of the molecule is CCC(C)CS(=O)(=O)N1CCC2(O)CCCCC2C1. The van der Waals surface area contributed by atoms with E-state index in [1.807, 2.05) is 13.8 Å². The van der Waals surface area contributed by atoms with Crippen LogP contribution in [0.25, 0.3) is 0 Å². The topological polar surface area (TPSA) is 57.6 Å². The minimum atomic E-state index is -3.15. The van der Waals surface area contributed by atoms with Gasteiger partial charge in [0.15, 0.2) is 0 Å². The summed E-state index contributed by atoms with van der Waals surface area (Å²) in [4.78, 5) is 0. The van der Waals surface area contributed by atoms with E-state index in [9.17, 15) is 13.5 Å². The molecule has 2 aliphatic rings. The molecule has 0 amide bonds. The summed E-state index contributed by atoms with van der Waals surface area (Å²) in [6.07, 6.45) is 5.50. The van der Waals surface area contributed by atoms with Gasteiger partial charge in [0.25, 0.3) is 0 Å². The number of nitrogens with zero attached hydrogens (tertiary/aromatic N) is 1. The standard InChI is InChI=1S/C14H27NO3S/c1-3-12(2)11-19(17,18)15-9-8-14(16)7-5-4-6-13(14)10-15/h12-13,16H,3-11H2,1-2H3. The number of piperidine rings is 1. The van der Waals surface area contributed by atoms with Crippen LogP contribution in [-0.2, 0) is 10.0 Å². The molecular weight excluding hydrogens is 262 g/mol. The van der Waals surface area contributed by atoms with Gasteiger partial charge in [0.05, 0.1) is 11.4 Å². The van der Waals surface area contributed by atoms with E-state index < -0.39 is 15.6 Å². The molecule has 0 bridgehead atoms. The third-order valence-corrected chi connectivity index (χ3v) is 7.08. The molecule has 1 saturated heterocycles. The molecule has 0 spiro atoms. The quantitative estimate of drug-likeness (QED) is 0.861. The Kier molecular flexibility index (Phi) is 4.58. The fraction of sp³-hybridized carbons (Fsp3) is 1.00. The van der Waals surface area contributed by atoms with Gasteiger partial charge >= 0.3 is 0 Å². The molecule has 1 aliphatic carbocycles. The van der Waals surface area contributed by atoms with Gasteiger partial charge in [0.1, 0.15) is 0 Å². The number of hydrogen-bond donors (Lipinski definition) is 1. The van der Waals surface area contributed by atoms with Crippen molar-refractivity contribution in [2.45, 2.75) is 58.0 Å². The second kappa shape index (κ2) is 5.70. The molecule has 112 valence electrons. The van der Waals surface area contributed by atoms with Gasteiger partial charge in [-0.15, -0.1) is 0 Å². The van der Waals surface area contributed by atoms with Gasteiger partial charge in [-0.05, 0) is 25.2 Å². The van der Waals surface area contributed by atoms with Crippen LogP contribution in [0.1, 0.15) is 52.4 Å². The first kappa shape index (κ1) is 15.3. The van der Waals surface area contributed by atoms with Gasteiger partial charge in [-0.1, -0.05) is 33.1 Å². The Morgan fingerprint density at radius 2 is 2.11 bits per heavy atom. The van der Waals surface area contributed by atoms with Gasteiger partial charge in [-0.2, -0.15) is 0 Å². The first-order chi connectivity index (χ1) is 8.87. The highest BCUT2D eigenvalue weighted by atomic mass is 32.2. The van der Waals surface area contributed by atoms with Gasteiger partial charge in [-0.3, -0.25) is 0 Å². The summed E-state index contributed by atoms with van der Waals surface area (Å²) in [5, 5.41) is 10.6. The van der Waals surface area contributed by atoms with E-state index in [0.717, 1.165) is 32.1 Å². The number of hydrogen-bond acceptors (Lipinski definition) is 3. The van der Waals surface area contributed by atoms with E-state index >= 15 is 0 Å². The van der Waals surface area contributed by atoms with E-state index in [0.29, 0.717) is 19.5 Å². The maximum absolute atomic E-state index is 12.4. The summed E-state index contributed by atoms with van der Waals surface area (Å²) >= 11 is 0. The average Bonchev–Trinajstić information content (AvgIpc) is 2.36. The molecule has 0 aromatic carbocycles. The highest BCUT2D eigenvalue weighted by molar-refractivity contribution is 7.89. The molecule has 4 nitrogen and oxygen atoms in total. The van der Waals surface area contributed by atoms with Crippen LogP contribution in [0.2, 0.25) is 0 Å². The molecule has 2 rings (SSSR count). The van der Waals surface area contributed by atoms with Crippen molar-refractivity contribution in [1.29, 1.82) is 0 Å². The first-order valence-electron chi connectivity index (χ1n) is 7.57.